The summed E-state index contributed by atoms with van der Waals surface area (Å²) in [7, 11) is 0. The third-order valence-electron chi connectivity index (χ3n) is 7.79. The minimum atomic E-state index is -0.372. The molecule has 2 aromatic carbocycles. The molecule has 0 radical (unpaired) electrons. The topological polar surface area (TPSA) is 101 Å². The van der Waals surface area contributed by atoms with Gasteiger partial charge in [0, 0.05) is 42.7 Å². The average molecular weight is 500 g/mol. The van der Waals surface area contributed by atoms with Gasteiger partial charge >= 0.3 is 0 Å². The molecule has 2 fully saturated rings. The van der Waals surface area contributed by atoms with Gasteiger partial charge < -0.3 is 14.5 Å². The molecule has 5 heterocycles. The maximum absolute atomic E-state index is 13.6. The summed E-state index contributed by atoms with van der Waals surface area (Å²) in [6.07, 6.45) is 2.40. The smallest absolute Gasteiger partial charge is 0.253 e. The Labute approximate surface area is 213 Å². The number of aromatic amines is 1. The van der Waals surface area contributed by atoms with Crippen LogP contribution in [0.4, 0.5) is 0 Å². The van der Waals surface area contributed by atoms with Gasteiger partial charge in [0.05, 0.1) is 12.1 Å². The van der Waals surface area contributed by atoms with Crippen molar-refractivity contribution >= 4 is 10.9 Å². The maximum Gasteiger partial charge on any atom is 0.253 e. The van der Waals surface area contributed by atoms with Crippen LogP contribution in [0.25, 0.3) is 10.9 Å². The second-order valence-corrected chi connectivity index (χ2v) is 10.0. The standard InChI is InChI=1S/C27H29N7O3/c35-27-21(13-19-14-23-24(15-22(19)28-27)37-12-11-36-23)25(33-10-9-32-8-4-7-20(32)17-33)26-29-30-31-34(26)16-18-5-2-1-3-6-18/h1-3,5-6,13-15,20,25H,4,7-12,16-17H2,(H,28,35)/t20-,25-/m1/s1. The molecule has 0 bridgehead atoms. The van der Waals surface area contributed by atoms with Crippen molar-refractivity contribution in [2.45, 2.75) is 31.5 Å². The lowest BCUT2D eigenvalue weighted by Crippen LogP contribution is -2.52. The van der Waals surface area contributed by atoms with Gasteiger partial charge in [0.15, 0.2) is 17.3 Å². The largest absolute Gasteiger partial charge is 0.486 e. The Kier molecular flexibility index (Phi) is 5.63. The van der Waals surface area contributed by atoms with E-state index in [1.807, 2.05) is 41.1 Å². The first kappa shape index (κ1) is 22.4. The van der Waals surface area contributed by atoms with Gasteiger partial charge in [-0.05, 0) is 47.5 Å². The quantitative estimate of drug-likeness (QED) is 0.446. The first-order chi connectivity index (χ1) is 18.2. The van der Waals surface area contributed by atoms with Crippen LogP contribution in [-0.2, 0) is 6.54 Å². The number of fused-ring (bicyclic) bond motifs is 3. The Morgan fingerprint density at radius 1 is 1.03 bits per heavy atom. The van der Waals surface area contributed by atoms with Gasteiger partial charge in [-0.3, -0.25) is 14.6 Å². The van der Waals surface area contributed by atoms with Gasteiger partial charge in [0.1, 0.15) is 19.3 Å². The number of nitrogens with one attached hydrogen (secondary N) is 1. The number of aromatic nitrogens is 5. The van der Waals surface area contributed by atoms with E-state index in [1.54, 1.807) is 0 Å². The zero-order valence-corrected chi connectivity index (χ0v) is 20.5. The Hall–Kier alpha value is -3.76. The number of tetrazole rings is 1. The fourth-order valence-electron chi connectivity index (χ4n) is 5.99. The van der Waals surface area contributed by atoms with E-state index in [9.17, 15) is 4.79 Å². The van der Waals surface area contributed by atoms with Crippen molar-refractivity contribution in [3.8, 4) is 11.5 Å². The van der Waals surface area contributed by atoms with E-state index >= 15 is 0 Å². The molecule has 0 amide bonds. The van der Waals surface area contributed by atoms with Crippen molar-refractivity contribution in [2.75, 3.05) is 39.4 Å². The zero-order chi connectivity index (χ0) is 24.8. The van der Waals surface area contributed by atoms with Crippen LogP contribution >= 0.6 is 0 Å². The molecule has 3 aliphatic rings. The van der Waals surface area contributed by atoms with Gasteiger partial charge in [0.2, 0.25) is 0 Å². The summed E-state index contributed by atoms with van der Waals surface area (Å²) in [6, 6.07) is 16.0. The molecule has 2 atom stereocenters. The number of rotatable bonds is 5. The molecule has 2 aromatic heterocycles. The summed E-state index contributed by atoms with van der Waals surface area (Å²) in [5.74, 6) is 2.03. The molecule has 10 heteroatoms. The number of benzene rings is 2. The van der Waals surface area contributed by atoms with E-state index in [1.165, 1.54) is 12.8 Å². The molecule has 10 nitrogen and oxygen atoms in total. The normalized spacial score (nSPS) is 20.7. The molecule has 2 saturated heterocycles. The molecular weight excluding hydrogens is 470 g/mol. The van der Waals surface area contributed by atoms with Crippen LogP contribution in [0.2, 0.25) is 0 Å². The highest BCUT2D eigenvalue weighted by Gasteiger charge is 2.37. The van der Waals surface area contributed by atoms with Crippen LogP contribution in [0.15, 0.2) is 53.3 Å². The maximum atomic E-state index is 13.6. The summed E-state index contributed by atoms with van der Waals surface area (Å²) < 4.78 is 13.4. The molecule has 0 spiro atoms. The third kappa shape index (κ3) is 4.15. The second-order valence-electron chi connectivity index (χ2n) is 10.0. The van der Waals surface area contributed by atoms with Crippen LogP contribution in [0.5, 0.6) is 11.5 Å². The lowest BCUT2D eigenvalue weighted by Gasteiger charge is -2.41. The van der Waals surface area contributed by atoms with E-state index in [0.29, 0.717) is 48.7 Å². The van der Waals surface area contributed by atoms with Crippen LogP contribution in [-0.4, -0.2) is 80.4 Å². The van der Waals surface area contributed by atoms with E-state index < -0.39 is 0 Å². The van der Waals surface area contributed by atoms with E-state index in [0.717, 1.165) is 42.6 Å². The summed E-state index contributed by atoms with van der Waals surface area (Å²) >= 11 is 0. The molecule has 0 unspecified atom stereocenters. The van der Waals surface area contributed by atoms with Crippen molar-refractivity contribution < 1.29 is 9.47 Å². The van der Waals surface area contributed by atoms with Crippen molar-refractivity contribution in [1.29, 1.82) is 0 Å². The van der Waals surface area contributed by atoms with Gasteiger partial charge in [-0.1, -0.05) is 30.3 Å². The lowest BCUT2D eigenvalue weighted by atomic mass is 10.0. The first-order valence-electron chi connectivity index (χ1n) is 13.0. The van der Waals surface area contributed by atoms with Gasteiger partial charge in [-0.15, -0.1) is 5.10 Å². The number of H-pyrrole nitrogens is 1. The van der Waals surface area contributed by atoms with Crippen LogP contribution in [0, 0.1) is 0 Å². The van der Waals surface area contributed by atoms with Gasteiger partial charge in [0.25, 0.3) is 5.56 Å². The highest BCUT2D eigenvalue weighted by molar-refractivity contribution is 5.83. The predicted molar refractivity (Wildman–Crippen MR) is 137 cm³/mol. The van der Waals surface area contributed by atoms with Gasteiger partial charge in [-0.25, -0.2) is 4.68 Å². The SMILES string of the molecule is O=c1[nH]c2cc3c(cc2cc1[C@H](c1nnnn1Cc1ccccc1)N1CCN2CCC[C@@H]2C1)OCCO3. The van der Waals surface area contributed by atoms with Crippen molar-refractivity contribution in [3.05, 3.63) is 75.8 Å². The Morgan fingerprint density at radius 3 is 2.73 bits per heavy atom. The number of hydrogen-bond acceptors (Lipinski definition) is 8. The summed E-state index contributed by atoms with van der Waals surface area (Å²) in [6.45, 7) is 5.40. The van der Waals surface area contributed by atoms with E-state index in [-0.39, 0.29) is 11.6 Å². The van der Waals surface area contributed by atoms with Crippen LogP contribution < -0.4 is 15.0 Å². The van der Waals surface area contributed by atoms with Crippen molar-refractivity contribution in [2.24, 2.45) is 0 Å². The number of piperazine rings is 1. The molecule has 4 aromatic rings. The minimum absolute atomic E-state index is 0.141. The Morgan fingerprint density at radius 2 is 1.86 bits per heavy atom. The molecule has 7 rings (SSSR count). The molecule has 190 valence electrons. The van der Waals surface area contributed by atoms with Gasteiger partial charge in [-0.2, -0.15) is 0 Å². The van der Waals surface area contributed by atoms with Crippen molar-refractivity contribution in [1.82, 2.24) is 35.0 Å². The molecule has 1 N–H and O–H groups in total. The zero-order valence-electron chi connectivity index (χ0n) is 20.5. The Bertz CT molecular complexity index is 1480. The molecule has 0 saturated carbocycles. The molecular formula is C27H29N7O3. The van der Waals surface area contributed by atoms with Crippen LogP contribution in [0.3, 0.4) is 0 Å². The predicted octanol–water partition coefficient (Wildman–Crippen LogP) is 2.20. The summed E-state index contributed by atoms with van der Waals surface area (Å²) in [5, 5.41) is 13.8. The van der Waals surface area contributed by atoms with Crippen LogP contribution in [0.1, 0.15) is 35.8 Å². The van der Waals surface area contributed by atoms with E-state index in [4.69, 9.17) is 9.47 Å². The van der Waals surface area contributed by atoms with Crippen molar-refractivity contribution in [3.63, 3.8) is 0 Å². The Balaban J connectivity index is 1.33. The average Bonchev–Trinajstić information content (AvgIpc) is 3.58. The monoisotopic (exact) mass is 499 g/mol. The number of hydrogen-bond donors (Lipinski definition) is 1. The minimum Gasteiger partial charge on any atom is -0.486 e. The molecule has 0 aliphatic carbocycles. The number of ether oxygens (including phenoxy) is 2. The molecule has 3 aliphatic heterocycles. The summed E-state index contributed by atoms with van der Waals surface area (Å²) in [5.41, 5.74) is 2.32. The third-order valence-corrected chi connectivity index (χ3v) is 7.79. The number of nitrogens with zero attached hydrogens (tertiary/aromatic N) is 6. The second kappa shape index (κ2) is 9.28. The number of pyridine rings is 1. The molecule has 37 heavy (non-hydrogen) atoms. The van der Waals surface area contributed by atoms with E-state index in [2.05, 4.69) is 42.4 Å². The fraction of sp³-hybridized carbons (Fsp3) is 0.407. The summed E-state index contributed by atoms with van der Waals surface area (Å²) in [4.78, 5) is 21.7. The highest BCUT2D eigenvalue weighted by Crippen LogP contribution is 2.36. The highest BCUT2D eigenvalue weighted by atomic mass is 16.6. The first-order valence-corrected chi connectivity index (χ1v) is 13.0. The lowest BCUT2D eigenvalue weighted by molar-refractivity contribution is 0.0790. The fourth-order valence-corrected chi connectivity index (χ4v) is 5.99.